The summed E-state index contributed by atoms with van der Waals surface area (Å²) >= 11 is 5.88. The molecule has 2 aromatic heterocycles. The number of hydrogen-bond acceptors (Lipinski definition) is 4. The van der Waals surface area contributed by atoms with Gasteiger partial charge < -0.3 is 10.5 Å². The molecule has 2 fully saturated rings. The average Bonchev–Trinajstić information content (AvgIpc) is 3.38. The van der Waals surface area contributed by atoms with E-state index in [-0.39, 0.29) is 17.9 Å². The van der Waals surface area contributed by atoms with Crippen LogP contribution in [0.5, 0.6) is 0 Å². The van der Waals surface area contributed by atoms with Crippen molar-refractivity contribution in [3.05, 3.63) is 47.0 Å². The summed E-state index contributed by atoms with van der Waals surface area (Å²) in [4.78, 5) is 20.9. The van der Waals surface area contributed by atoms with Crippen molar-refractivity contribution >= 4 is 23.3 Å². The van der Waals surface area contributed by atoms with E-state index in [0.717, 1.165) is 44.5 Å². The smallest absolute Gasteiger partial charge is 0.281 e. The van der Waals surface area contributed by atoms with Gasteiger partial charge in [-0.3, -0.25) is 9.48 Å². The van der Waals surface area contributed by atoms with E-state index in [1.165, 1.54) is 0 Å². The van der Waals surface area contributed by atoms with Crippen LogP contribution in [0.1, 0.15) is 53.6 Å². The van der Waals surface area contributed by atoms with Gasteiger partial charge in [0.05, 0.1) is 17.8 Å². The third-order valence-corrected chi connectivity index (χ3v) is 5.39. The van der Waals surface area contributed by atoms with Crippen molar-refractivity contribution < 1.29 is 9.53 Å². The fourth-order valence-electron chi connectivity index (χ4n) is 3.53. The molecule has 1 aliphatic heterocycles. The molecule has 7 nitrogen and oxygen atoms in total. The number of amides is 1. The van der Waals surface area contributed by atoms with Crippen molar-refractivity contribution in [3.63, 3.8) is 0 Å². The highest BCUT2D eigenvalue weighted by atomic mass is 35.5. The Morgan fingerprint density at radius 2 is 2.04 bits per heavy atom. The maximum Gasteiger partial charge on any atom is 0.281 e. The molecular formula is C19H22ClN5O2. The van der Waals surface area contributed by atoms with E-state index in [9.17, 15) is 4.79 Å². The first-order chi connectivity index (χ1) is 13.1. The minimum Gasteiger partial charge on any atom is -0.387 e. The van der Waals surface area contributed by atoms with Crippen molar-refractivity contribution in [2.75, 3.05) is 13.2 Å². The van der Waals surface area contributed by atoms with Crippen LogP contribution in [-0.2, 0) is 4.74 Å². The Kier molecular flexibility index (Phi) is 5.22. The van der Waals surface area contributed by atoms with Gasteiger partial charge in [0.25, 0.3) is 5.91 Å². The Balaban J connectivity index is 1.51. The van der Waals surface area contributed by atoms with E-state index in [4.69, 9.17) is 22.1 Å². The number of hydrogen-bond donors (Lipinski definition) is 1. The summed E-state index contributed by atoms with van der Waals surface area (Å²) in [6.07, 6.45) is 8.96. The van der Waals surface area contributed by atoms with Gasteiger partial charge in [-0.1, -0.05) is 17.7 Å². The third-order valence-electron chi connectivity index (χ3n) is 5.17. The Morgan fingerprint density at radius 3 is 2.70 bits per heavy atom. The molecule has 4 rings (SSSR count). The predicted octanol–water partition coefficient (Wildman–Crippen LogP) is 2.97. The lowest BCUT2D eigenvalue weighted by atomic mass is 9.94. The fourth-order valence-corrected chi connectivity index (χ4v) is 3.65. The summed E-state index contributed by atoms with van der Waals surface area (Å²) in [7, 11) is 0. The quantitative estimate of drug-likeness (QED) is 0.483. The number of pyridine rings is 1. The van der Waals surface area contributed by atoms with Crippen molar-refractivity contribution in [3.8, 4) is 0 Å². The third kappa shape index (κ3) is 4.20. The number of nitrogens with zero attached hydrogens (tertiary/aromatic N) is 4. The molecule has 1 atom stereocenters. The summed E-state index contributed by atoms with van der Waals surface area (Å²) in [5, 5.41) is 4.76. The van der Waals surface area contributed by atoms with E-state index in [1.54, 1.807) is 24.7 Å². The summed E-state index contributed by atoms with van der Waals surface area (Å²) in [6, 6.07) is 3.90. The molecule has 27 heavy (non-hydrogen) atoms. The summed E-state index contributed by atoms with van der Waals surface area (Å²) in [5.74, 6) is 0.252. The topological polar surface area (TPSA) is 95.4 Å². The van der Waals surface area contributed by atoms with E-state index in [2.05, 4.69) is 15.1 Å². The number of carbonyl (C=O) groups is 1. The molecule has 2 N–H and O–H groups in total. The molecule has 1 saturated carbocycles. The molecule has 142 valence electrons. The first-order valence-corrected chi connectivity index (χ1v) is 9.61. The summed E-state index contributed by atoms with van der Waals surface area (Å²) < 4.78 is 7.21. The normalized spacial score (nSPS) is 19.8. The SMILES string of the molecule is NC(=NC(=O)c1cnn(C2CCOCC2)c1)C(c1ccc(Cl)nc1)C1CC1. The van der Waals surface area contributed by atoms with E-state index in [1.807, 2.05) is 10.7 Å². The van der Waals surface area contributed by atoms with E-state index in [0.29, 0.717) is 22.5 Å². The lowest BCUT2D eigenvalue weighted by Gasteiger charge is -2.22. The van der Waals surface area contributed by atoms with Crippen molar-refractivity contribution in [1.82, 2.24) is 14.8 Å². The van der Waals surface area contributed by atoms with Gasteiger partial charge in [0.1, 0.15) is 11.0 Å². The number of nitrogens with two attached hydrogens (primary N) is 1. The minimum atomic E-state index is -0.363. The van der Waals surface area contributed by atoms with Gasteiger partial charge in [-0.2, -0.15) is 10.1 Å². The van der Waals surface area contributed by atoms with Gasteiger partial charge in [-0.15, -0.1) is 0 Å². The van der Waals surface area contributed by atoms with E-state index < -0.39 is 0 Å². The number of halogens is 1. The van der Waals surface area contributed by atoms with Crippen LogP contribution in [0.2, 0.25) is 5.15 Å². The molecule has 1 saturated heterocycles. The molecule has 0 aromatic carbocycles. The molecule has 1 amide bonds. The Bertz CT molecular complexity index is 838. The lowest BCUT2D eigenvalue weighted by Crippen LogP contribution is -2.25. The van der Waals surface area contributed by atoms with Crippen LogP contribution in [-0.4, -0.2) is 39.7 Å². The second-order valence-electron chi connectivity index (χ2n) is 7.12. The molecule has 1 unspecified atom stereocenters. The standard InChI is InChI=1S/C19H22ClN5O2/c20-16-4-3-13(9-22-16)17(12-1-2-12)18(21)24-19(26)14-10-23-25(11-14)15-5-7-27-8-6-15/h3-4,9-12,15,17H,1-2,5-8H2,(H2,21,24,26). The zero-order valence-corrected chi connectivity index (χ0v) is 15.7. The molecule has 0 radical (unpaired) electrons. The number of amidine groups is 1. The Morgan fingerprint density at radius 1 is 1.26 bits per heavy atom. The fraction of sp³-hybridized carbons (Fsp3) is 0.474. The molecule has 1 aliphatic carbocycles. The van der Waals surface area contributed by atoms with Crippen molar-refractivity contribution in [2.24, 2.45) is 16.6 Å². The molecule has 3 heterocycles. The molecule has 0 spiro atoms. The number of aromatic nitrogens is 3. The Labute approximate surface area is 162 Å². The minimum absolute atomic E-state index is 0.107. The first-order valence-electron chi connectivity index (χ1n) is 9.23. The van der Waals surface area contributed by atoms with Crippen LogP contribution < -0.4 is 5.73 Å². The highest BCUT2D eigenvalue weighted by Crippen LogP contribution is 2.42. The largest absolute Gasteiger partial charge is 0.387 e. The lowest BCUT2D eigenvalue weighted by molar-refractivity contribution is 0.0662. The highest BCUT2D eigenvalue weighted by molar-refractivity contribution is 6.29. The van der Waals surface area contributed by atoms with Gasteiger partial charge in [0.15, 0.2) is 0 Å². The van der Waals surface area contributed by atoms with Gasteiger partial charge in [0, 0.05) is 31.5 Å². The van der Waals surface area contributed by atoms with Crippen LogP contribution in [0, 0.1) is 5.92 Å². The van der Waals surface area contributed by atoms with Crippen molar-refractivity contribution in [1.29, 1.82) is 0 Å². The summed E-state index contributed by atoms with van der Waals surface area (Å²) in [6.45, 7) is 1.44. The van der Waals surface area contributed by atoms with Crippen LogP contribution in [0.3, 0.4) is 0 Å². The van der Waals surface area contributed by atoms with Gasteiger partial charge in [-0.25, -0.2) is 4.98 Å². The number of ether oxygens (including phenoxy) is 1. The maximum absolute atomic E-state index is 12.6. The molecule has 2 aliphatic rings. The molecule has 2 aromatic rings. The number of rotatable bonds is 5. The van der Waals surface area contributed by atoms with Crippen LogP contribution in [0.4, 0.5) is 0 Å². The zero-order chi connectivity index (χ0) is 18.8. The monoisotopic (exact) mass is 387 g/mol. The average molecular weight is 388 g/mol. The number of carbonyl (C=O) groups excluding carboxylic acids is 1. The predicted molar refractivity (Wildman–Crippen MR) is 102 cm³/mol. The van der Waals surface area contributed by atoms with Crippen LogP contribution >= 0.6 is 11.6 Å². The summed E-state index contributed by atoms with van der Waals surface area (Å²) in [5.41, 5.74) is 7.63. The van der Waals surface area contributed by atoms with Gasteiger partial charge >= 0.3 is 0 Å². The van der Waals surface area contributed by atoms with Gasteiger partial charge in [-0.05, 0) is 43.2 Å². The second-order valence-corrected chi connectivity index (χ2v) is 7.51. The van der Waals surface area contributed by atoms with Crippen molar-refractivity contribution in [2.45, 2.75) is 37.6 Å². The Hall–Kier alpha value is -2.25. The van der Waals surface area contributed by atoms with Crippen LogP contribution in [0.15, 0.2) is 35.7 Å². The number of aliphatic imine (C=N–C) groups is 1. The van der Waals surface area contributed by atoms with Gasteiger partial charge in [0.2, 0.25) is 0 Å². The van der Waals surface area contributed by atoms with E-state index >= 15 is 0 Å². The molecule has 0 bridgehead atoms. The van der Waals surface area contributed by atoms with Crippen LogP contribution in [0.25, 0.3) is 0 Å². The molecule has 8 heteroatoms. The molecular weight excluding hydrogens is 366 g/mol. The maximum atomic E-state index is 12.6. The zero-order valence-electron chi connectivity index (χ0n) is 14.9. The highest BCUT2D eigenvalue weighted by Gasteiger charge is 2.35. The first kappa shape index (κ1) is 18.1. The second kappa shape index (κ2) is 7.78.